The maximum absolute atomic E-state index is 13.8. The number of hydrogen-bond donors (Lipinski definition) is 0. The number of halogens is 1. The van der Waals surface area contributed by atoms with E-state index in [0.717, 1.165) is 6.07 Å². The van der Waals surface area contributed by atoms with Gasteiger partial charge in [0, 0.05) is 12.6 Å². The van der Waals surface area contributed by atoms with Crippen molar-refractivity contribution in [3.63, 3.8) is 0 Å². The van der Waals surface area contributed by atoms with Gasteiger partial charge >= 0.3 is 5.63 Å². The molecule has 1 aromatic heterocycles. The van der Waals surface area contributed by atoms with Crippen LogP contribution in [0.4, 0.5) is 4.39 Å². The summed E-state index contributed by atoms with van der Waals surface area (Å²) in [5, 5.41) is 0. The van der Waals surface area contributed by atoms with E-state index in [1.54, 1.807) is 13.0 Å². The van der Waals surface area contributed by atoms with E-state index in [-0.39, 0.29) is 23.7 Å². The lowest BCUT2D eigenvalue weighted by Gasteiger charge is -2.17. The Morgan fingerprint density at radius 2 is 2.04 bits per heavy atom. The molecule has 2 aromatic rings. The third-order valence-corrected chi connectivity index (χ3v) is 5.90. The molecule has 2 heterocycles. The molecule has 1 aliphatic heterocycles. The number of nitrogens with zero attached hydrogens (tertiary/aromatic N) is 1. The summed E-state index contributed by atoms with van der Waals surface area (Å²) in [6, 6.07) is 6.30. The average molecular weight is 383 g/mol. The number of aryl methyl sites for hydroxylation is 1. The highest BCUT2D eigenvalue weighted by Gasteiger charge is 2.34. The van der Waals surface area contributed by atoms with E-state index in [2.05, 4.69) is 0 Å². The van der Waals surface area contributed by atoms with Crippen LogP contribution < -0.4 is 15.1 Å². The van der Waals surface area contributed by atoms with Crippen molar-refractivity contribution in [2.75, 3.05) is 20.2 Å². The molecule has 1 aliphatic rings. The van der Waals surface area contributed by atoms with E-state index in [4.69, 9.17) is 13.9 Å². The first-order chi connectivity index (χ1) is 12.3. The number of methoxy groups -OCH3 is 1. The number of benzene rings is 1. The minimum Gasteiger partial charge on any atom is -0.494 e. The molecule has 1 saturated heterocycles. The summed E-state index contributed by atoms with van der Waals surface area (Å²) in [7, 11) is -2.54. The van der Waals surface area contributed by atoms with Crippen molar-refractivity contribution in [1.29, 1.82) is 0 Å². The molecule has 0 radical (unpaired) electrons. The Balaban J connectivity index is 1.75. The highest BCUT2D eigenvalue weighted by Crippen LogP contribution is 2.27. The maximum atomic E-state index is 13.8. The number of hydrogen-bond acceptors (Lipinski definition) is 6. The average Bonchev–Trinajstić information content (AvgIpc) is 3.03. The molecule has 3 rings (SSSR count). The lowest BCUT2D eigenvalue weighted by molar-refractivity contribution is 0.213. The predicted octanol–water partition coefficient (Wildman–Crippen LogP) is 1.94. The van der Waals surface area contributed by atoms with E-state index < -0.39 is 27.6 Å². The van der Waals surface area contributed by atoms with Crippen LogP contribution in [0.2, 0.25) is 0 Å². The molecule has 7 nitrogen and oxygen atoms in total. The van der Waals surface area contributed by atoms with Gasteiger partial charge in [0.2, 0.25) is 10.0 Å². The second-order valence-corrected chi connectivity index (χ2v) is 7.85. The molecule has 26 heavy (non-hydrogen) atoms. The van der Waals surface area contributed by atoms with E-state index in [9.17, 15) is 17.6 Å². The smallest absolute Gasteiger partial charge is 0.339 e. The largest absolute Gasteiger partial charge is 0.494 e. The zero-order valence-electron chi connectivity index (χ0n) is 14.3. The highest BCUT2D eigenvalue weighted by molar-refractivity contribution is 7.89. The van der Waals surface area contributed by atoms with Crippen LogP contribution in [0.25, 0.3) is 0 Å². The summed E-state index contributed by atoms with van der Waals surface area (Å²) in [4.78, 5) is 11.2. The minimum absolute atomic E-state index is 0.0233. The Kier molecular flexibility index (Phi) is 5.01. The number of ether oxygens (including phenoxy) is 2. The highest BCUT2D eigenvalue weighted by atomic mass is 32.2. The van der Waals surface area contributed by atoms with E-state index in [1.807, 2.05) is 0 Å². The molecule has 1 unspecified atom stereocenters. The molecular formula is C17H18FNO6S. The van der Waals surface area contributed by atoms with Crippen molar-refractivity contribution < 1.29 is 26.7 Å². The van der Waals surface area contributed by atoms with Crippen LogP contribution in [-0.2, 0) is 10.0 Å². The van der Waals surface area contributed by atoms with Gasteiger partial charge in [-0.2, -0.15) is 4.31 Å². The SMILES string of the molecule is COc1ccc(S(=O)(=O)N2CCC(Oc3cc(C)oc(=O)c3)C2)cc1F. The Hall–Kier alpha value is -2.39. The second-order valence-electron chi connectivity index (χ2n) is 5.91. The molecule has 1 aromatic carbocycles. The van der Waals surface area contributed by atoms with E-state index >= 15 is 0 Å². The summed E-state index contributed by atoms with van der Waals surface area (Å²) in [6.45, 7) is 1.97. The quantitative estimate of drug-likeness (QED) is 0.784. The molecule has 0 N–H and O–H groups in total. The van der Waals surface area contributed by atoms with Gasteiger partial charge in [0.05, 0.1) is 24.6 Å². The van der Waals surface area contributed by atoms with Crippen LogP contribution in [0.5, 0.6) is 11.5 Å². The zero-order chi connectivity index (χ0) is 18.9. The lowest BCUT2D eigenvalue weighted by Crippen LogP contribution is -2.31. The molecule has 0 saturated carbocycles. The number of rotatable bonds is 5. The molecule has 0 spiro atoms. The fraction of sp³-hybridized carbons (Fsp3) is 0.353. The van der Waals surface area contributed by atoms with Crippen LogP contribution in [0.1, 0.15) is 12.2 Å². The zero-order valence-corrected chi connectivity index (χ0v) is 15.1. The monoisotopic (exact) mass is 383 g/mol. The molecule has 140 valence electrons. The maximum Gasteiger partial charge on any atom is 0.339 e. The molecule has 9 heteroatoms. The van der Waals surface area contributed by atoms with Crippen molar-refractivity contribution in [3.05, 3.63) is 52.3 Å². The summed E-state index contributed by atoms with van der Waals surface area (Å²) >= 11 is 0. The van der Waals surface area contributed by atoms with Crippen LogP contribution in [0, 0.1) is 12.7 Å². The van der Waals surface area contributed by atoms with Gasteiger partial charge in [0.25, 0.3) is 0 Å². The van der Waals surface area contributed by atoms with Crippen LogP contribution in [-0.4, -0.2) is 39.0 Å². The minimum atomic E-state index is -3.85. The van der Waals surface area contributed by atoms with Crippen molar-refractivity contribution in [2.45, 2.75) is 24.3 Å². The van der Waals surface area contributed by atoms with Gasteiger partial charge in [0.15, 0.2) is 11.6 Å². The first-order valence-electron chi connectivity index (χ1n) is 7.92. The van der Waals surface area contributed by atoms with Gasteiger partial charge in [-0.05, 0) is 31.5 Å². The van der Waals surface area contributed by atoms with Gasteiger partial charge < -0.3 is 13.9 Å². The predicted molar refractivity (Wildman–Crippen MR) is 90.5 cm³/mol. The summed E-state index contributed by atoms with van der Waals surface area (Å²) in [5.41, 5.74) is -0.531. The molecule has 0 bridgehead atoms. The van der Waals surface area contributed by atoms with Crippen molar-refractivity contribution >= 4 is 10.0 Å². The van der Waals surface area contributed by atoms with E-state index in [1.165, 1.54) is 29.6 Å². The summed E-state index contributed by atoms with van der Waals surface area (Å²) in [6.07, 6.45) is 0.0472. The summed E-state index contributed by atoms with van der Waals surface area (Å²) < 4.78 is 55.8. The lowest BCUT2D eigenvalue weighted by atomic mass is 10.3. The van der Waals surface area contributed by atoms with Gasteiger partial charge in [-0.15, -0.1) is 0 Å². The third kappa shape index (κ3) is 3.73. The van der Waals surface area contributed by atoms with Crippen LogP contribution >= 0.6 is 0 Å². The third-order valence-electron chi connectivity index (χ3n) is 4.04. The number of sulfonamides is 1. The standard InChI is InChI=1S/C17H18FNO6S/c1-11-7-13(8-17(20)24-11)25-12-5-6-19(10-12)26(21,22)14-3-4-16(23-2)15(18)9-14/h3-4,7-9,12H,5-6,10H2,1-2H3. The fourth-order valence-corrected chi connectivity index (χ4v) is 4.30. The molecule has 1 fully saturated rings. The Bertz CT molecular complexity index is 971. The first kappa shape index (κ1) is 18.4. The van der Waals surface area contributed by atoms with Crippen molar-refractivity contribution in [1.82, 2.24) is 4.31 Å². The fourth-order valence-electron chi connectivity index (χ4n) is 2.81. The first-order valence-corrected chi connectivity index (χ1v) is 9.36. The Morgan fingerprint density at radius 1 is 1.27 bits per heavy atom. The van der Waals surface area contributed by atoms with Gasteiger partial charge in [-0.25, -0.2) is 17.6 Å². The van der Waals surface area contributed by atoms with Crippen molar-refractivity contribution in [3.8, 4) is 11.5 Å². The topological polar surface area (TPSA) is 86.1 Å². The molecule has 0 aliphatic carbocycles. The van der Waals surface area contributed by atoms with Gasteiger partial charge in [-0.1, -0.05) is 0 Å². The van der Waals surface area contributed by atoms with Gasteiger partial charge in [-0.3, -0.25) is 0 Å². The normalized spacial score (nSPS) is 18.0. The van der Waals surface area contributed by atoms with E-state index in [0.29, 0.717) is 17.9 Å². The van der Waals surface area contributed by atoms with Crippen LogP contribution in [0.3, 0.4) is 0 Å². The molecular weight excluding hydrogens is 365 g/mol. The second kappa shape index (κ2) is 7.08. The Labute approximate surface area is 150 Å². The molecule has 1 atom stereocenters. The molecule has 0 amide bonds. The van der Waals surface area contributed by atoms with Crippen molar-refractivity contribution in [2.24, 2.45) is 0 Å². The van der Waals surface area contributed by atoms with Gasteiger partial charge in [0.1, 0.15) is 17.6 Å². The van der Waals surface area contributed by atoms with Crippen LogP contribution in [0.15, 0.2) is 44.4 Å². The Morgan fingerprint density at radius 3 is 2.69 bits per heavy atom. The summed E-state index contributed by atoms with van der Waals surface area (Å²) in [5.74, 6) is -0.0286.